The van der Waals surface area contributed by atoms with Gasteiger partial charge in [0.25, 0.3) is 0 Å². The van der Waals surface area contributed by atoms with Crippen molar-refractivity contribution in [2.24, 2.45) is 0 Å². The Morgan fingerprint density at radius 3 is 2.90 bits per heavy atom. The van der Waals surface area contributed by atoms with Gasteiger partial charge in [0.1, 0.15) is 0 Å². The van der Waals surface area contributed by atoms with Crippen molar-refractivity contribution in [3.05, 3.63) is 30.6 Å². The number of rotatable bonds is 4. The van der Waals surface area contributed by atoms with E-state index >= 15 is 0 Å². The number of nitrogens with one attached hydrogen (secondary N) is 1. The van der Waals surface area contributed by atoms with E-state index in [1.807, 2.05) is 24.4 Å². The SMILES string of the molecule is Nc1ccc(NCCN2CCOCC2)c2ccncc12. The molecule has 0 amide bonds. The summed E-state index contributed by atoms with van der Waals surface area (Å²) in [6.07, 6.45) is 3.62. The molecule has 1 aliphatic rings. The number of nitrogens with two attached hydrogens (primary N) is 1. The molecular weight excluding hydrogens is 252 g/mol. The number of nitrogen functional groups attached to an aromatic ring is 1. The largest absolute Gasteiger partial charge is 0.398 e. The molecule has 3 N–H and O–H groups in total. The minimum absolute atomic E-state index is 0.770. The van der Waals surface area contributed by atoms with Gasteiger partial charge in [-0.25, -0.2) is 0 Å². The van der Waals surface area contributed by atoms with Crippen molar-refractivity contribution >= 4 is 22.1 Å². The summed E-state index contributed by atoms with van der Waals surface area (Å²) in [5, 5.41) is 5.63. The van der Waals surface area contributed by atoms with Crippen LogP contribution in [-0.4, -0.2) is 49.3 Å². The Labute approximate surface area is 118 Å². The summed E-state index contributed by atoms with van der Waals surface area (Å²) < 4.78 is 5.35. The van der Waals surface area contributed by atoms with E-state index in [2.05, 4.69) is 15.2 Å². The van der Waals surface area contributed by atoms with Crippen molar-refractivity contribution in [2.45, 2.75) is 0 Å². The van der Waals surface area contributed by atoms with Gasteiger partial charge in [-0.1, -0.05) is 0 Å². The van der Waals surface area contributed by atoms with Crippen molar-refractivity contribution < 1.29 is 4.74 Å². The van der Waals surface area contributed by atoms with Crippen molar-refractivity contribution in [3.8, 4) is 0 Å². The summed E-state index contributed by atoms with van der Waals surface area (Å²) in [5.41, 5.74) is 7.87. The monoisotopic (exact) mass is 272 g/mol. The van der Waals surface area contributed by atoms with Crippen LogP contribution in [0.4, 0.5) is 11.4 Å². The molecule has 1 aliphatic heterocycles. The van der Waals surface area contributed by atoms with Gasteiger partial charge in [-0.15, -0.1) is 0 Å². The fraction of sp³-hybridized carbons (Fsp3) is 0.400. The number of aromatic nitrogens is 1. The van der Waals surface area contributed by atoms with Crippen molar-refractivity contribution in [1.82, 2.24) is 9.88 Å². The van der Waals surface area contributed by atoms with Gasteiger partial charge in [-0.3, -0.25) is 9.88 Å². The third-order valence-electron chi connectivity index (χ3n) is 3.70. The fourth-order valence-electron chi connectivity index (χ4n) is 2.54. The maximum Gasteiger partial charge on any atom is 0.0594 e. The standard InChI is InChI=1S/C15H20N4O/c16-14-1-2-15(12-3-4-17-11-13(12)14)18-5-6-19-7-9-20-10-8-19/h1-4,11,18H,5-10,16H2. The second-order valence-corrected chi connectivity index (χ2v) is 5.00. The lowest BCUT2D eigenvalue weighted by molar-refractivity contribution is 0.0398. The summed E-state index contributed by atoms with van der Waals surface area (Å²) in [5.74, 6) is 0. The minimum Gasteiger partial charge on any atom is -0.398 e. The fourth-order valence-corrected chi connectivity index (χ4v) is 2.54. The van der Waals surface area contributed by atoms with Crippen LogP contribution in [0, 0.1) is 0 Å². The molecule has 20 heavy (non-hydrogen) atoms. The van der Waals surface area contributed by atoms with E-state index in [9.17, 15) is 0 Å². The highest BCUT2D eigenvalue weighted by Crippen LogP contribution is 2.27. The molecular formula is C15H20N4O. The summed E-state index contributed by atoms with van der Waals surface area (Å²) in [6.45, 7) is 5.68. The van der Waals surface area contributed by atoms with E-state index in [0.29, 0.717) is 0 Å². The quantitative estimate of drug-likeness (QED) is 0.827. The summed E-state index contributed by atoms with van der Waals surface area (Å²) >= 11 is 0. The highest BCUT2D eigenvalue weighted by atomic mass is 16.5. The lowest BCUT2D eigenvalue weighted by Gasteiger charge is -2.26. The van der Waals surface area contributed by atoms with Gasteiger partial charge in [0.15, 0.2) is 0 Å². The van der Waals surface area contributed by atoms with Gasteiger partial charge >= 0.3 is 0 Å². The van der Waals surface area contributed by atoms with E-state index in [0.717, 1.165) is 61.5 Å². The molecule has 0 bridgehead atoms. The molecule has 5 heteroatoms. The highest BCUT2D eigenvalue weighted by molar-refractivity contribution is 6.00. The summed E-state index contributed by atoms with van der Waals surface area (Å²) in [4.78, 5) is 6.55. The third-order valence-corrected chi connectivity index (χ3v) is 3.70. The van der Waals surface area contributed by atoms with Gasteiger partial charge in [0.2, 0.25) is 0 Å². The van der Waals surface area contributed by atoms with Gasteiger partial charge < -0.3 is 15.8 Å². The molecule has 0 radical (unpaired) electrons. The van der Waals surface area contributed by atoms with Crippen molar-refractivity contribution in [3.63, 3.8) is 0 Å². The molecule has 5 nitrogen and oxygen atoms in total. The van der Waals surface area contributed by atoms with Crippen LogP contribution in [0.3, 0.4) is 0 Å². The molecule has 0 saturated carbocycles. The smallest absolute Gasteiger partial charge is 0.0594 e. The number of fused-ring (bicyclic) bond motifs is 1. The molecule has 106 valence electrons. The van der Waals surface area contributed by atoms with Crippen LogP contribution < -0.4 is 11.1 Å². The molecule has 0 spiro atoms. The van der Waals surface area contributed by atoms with Crippen LogP contribution in [0.25, 0.3) is 10.8 Å². The first kappa shape index (κ1) is 13.1. The first-order chi connectivity index (χ1) is 9.84. The molecule has 0 atom stereocenters. The van der Waals surface area contributed by atoms with Crippen molar-refractivity contribution in [1.29, 1.82) is 0 Å². The molecule has 1 saturated heterocycles. The first-order valence-electron chi connectivity index (χ1n) is 7.01. The number of ether oxygens (including phenoxy) is 1. The zero-order chi connectivity index (χ0) is 13.8. The Kier molecular flexibility index (Phi) is 3.99. The van der Waals surface area contributed by atoms with E-state index < -0.39 is 0 Å². The minimum atomic E-state index is 0.770. The third kappa shape index (κ3) is 2.84. The second-order valence-electron chi connectivity index (χ2n) is 5.00. The molecule has 0 unspecified atom stereocenters. The number of pyridine rings is 1. The van der Waals surface area contributed by atoms with Gasteiger partial charge in [0, 0.05) is 60.7 Å². The molecule has 3 rings (SSSR count). The molecule has 0 aliphatic carbocycles. The number of hydrogen-bond donors (Lipinski definition) is 2. The first-order valence-corrected chi connectivity index (χ1v) is 7.01. The number of benzene rings is 1. The number of anilines is 2. The summed E-state index contributed by atoms with van der Waals surface area (Å²) in [7, 11) is 0. The zero-order valence-corrected chi connectivity index (χ0v) is 11.5. The van der Waals surface area contributed by atoms with E-state index in [-0.39, 0.29) is 0 Å². The second kappa shape index (κ2) is 6.07. The molecule has 1 aromatic carbocycles. The van der Waals surface area contributed by atoms with Crippen LogP contribution in [0.5, 0.6) is 0 Å². The van der Waals surface area contributed by atoms with Crippen LogP contribution in [0.2, 0.25) is 0 Å². The summed E-state index contributed by atoms with van der Waals surface area (Å²) in [6, 6.07) is 5.97. The molecule has 2 aromatic rings. The Morgan fingerprint density at radius 2 is 2.05 bits per heavy atom. The van der Waals surface area contributed by atoms with Crippen LogP contribution >= 0.6 is 0 Å². The Hall–Kier alpha value is -1.85. The van der Waals surface area contributed by atoms with Crippen LogP contribution in [0.1, 0.15) is 0 Å². The normalized spacial score (nSPS) is 16.4. The number of nitrogens with zero attached hydrogens (tertiary/aromatic N) is 2. The molecule has 1 aromatic heterocycles. The number of morpholine rings is 1. The predicted octanol–water partition coefficient (Wildman–Crippen LogP) is 1.56. The van der Waals surface area contributed by atoms with Crippen LogP contribution in [0.15, 0.2) is 30.6 Å². The van der Waals surface area contributed by atoms with E-state index in [4.69, 9.17) is 10.5 Å². The van der Waals surface area contributed by atoms with Crippen LogP contribution in [-0.2, 0) is 4.74 Å². The average molecular weight is 272 g/mol. The van der Waals surface area contributed by atoms with E-state index in [1.54, 1.807) is 6.20 Å². The van der Waals surface area contributed by atoms with E-state index in [1.165, 1.54) is 0 Å². The maximum absolute atomic E-state index is 5.98. The number of hydrogen-bond acceptors (Lipinski definition) is 5. The zero-order valence-electron chi connectivity index (χ0n) is 11.5. The Morgan fingerprint density at radius 1 is 1.20 bits per heavy atom. The predicted molar refractivity (Wildman–Crippen MR) is 81.9 cm³/mol. The van der Waals surface area contributed by atoms with Gasteiger partial charge in [0.05, 0.1) is 13.2 Å². The van der Waals surface area contributed by atoms with Gasteiger partial charge in [-0.05, 0) is 18.2 Å². The average Bonchev–Trinajstić information content (AvgIpc) is 2.51. The topological polar surface area (TPSA) is 63.4 Å². The lowest BCUT2D eigenvalue weighted by atomic mass is 10.1. The van der Waals surface area contributed by atoms with Crippen molar-refractivity contribution in [2.75, 3.05) is 50.4 Å². The lowest BCUT2D eigenvalue weighted by Crippen LogP contribution is -2.39. The Balaban J connectivity index is 1.67. The molecule has 1 fully saturated rings. The maximum atomic E-state index is 5.98. The Bertz CT molecular complexity index is 581. The van der Waals surface area contributed by atoms with Gasteiger partial charge in [-0.2, -0.15) is 0 Å². The highest BCUT2D eigenvalue weighted by Gasteiger charge is 2.09. The molecule has 2 heterocycles.